The van der Waals surface area contributed by atoms with Crippen molar-refractivity contribution in [3.63, 3.8) is 0 Å². The van der Waals surface area contributed by atoms with Gasteiger partial charge in [0, 0.05) is 5.71 Å². The number of amides is 1. The van der Waals surface area contributed by atoms with E-state index in [2.05, 4.69) is 17.5 Å². The second-order valence-corrected chi connectivity index (χ2v) is 3.71. The molecular weight excluding hydrogens is 180 g/mol. The van der Waals surface area contributed by atoms with Crippen LogP contribution in [0.2, 0.25) is 0 Å². The second-order valence-electron chi connectivity index (χ2n) is 3.71. The summed E-state index contributed by atoms with van der Waals surface area (Å²) >= 11 is 0. The van der Waals surface area contributed by atoms with Gasteiger partial charge in [0.1, 0.15) is 0 Å². The van der Waals surface area contributed by atoms with E-state index in [1.54, 1.807) is 6.92 Å². The number of hydrogen-bond acceptors (Lipinski definition) is 3. The standard InChI is InChI=1S/C10H18N2O2/c1-3-14-10(13)12-11-9-6-4-5-8(2)7-9/h8H,3-7H2,1-2H3,(H,12,13)/b11-9-/t8-/m1/s1. The zero-order valence-corrected chi connectivity index (χ0v) is 8.88. The molecule has 1 amide bonds. The second kappa shape index (κ2) is 5.62. The first-order chi connectivity index (χ1) is 6.72. The zero-order valence-electron chi connectivity index (χ0n) is 8.88. The van der Waals surface area contributed by atoms with Crippen molar-refractivity contribution in [2.45, 2.75) is 39.5 Å². The molecule has 1 N–H and O–H groups in total. The van der Waals surface area contributed by atoms with E-state index in [9.17, 15) is 4.79 Å². The van der Waals surface area contributed by atoms with E-state index in [4.69, 9.17) is 4.74 Å². The molecule has 1 fully saturated rings. The van der Waals surface area contributed by atoms with Crippen molar-refractivity contribution in [1.82, 2.24) is 5.43 Å². The maximum Gasteiger partial charge on any atom is 0.427 e. The van der Waals surface area contributed by atoms with E-state index in [0.717, 1.165) is 18.6 Å². The number of nitrogens with zero attached hydrogens (tertiary/aromatic N) is 1. The zero-order chi connectivity index (χ0) is 10.4. The van der Waals surface area contributed by atoms with Gasteiger partial charge >= 0.3 is 6.09 Å². The van der Waals surface area contributed by atoms with Crippen molar-refractivity contribution in [3.05, 3.63) is 0 Å². The lowest BCUT2D eigenvalue weighted by atomic mass is 9.89. The Morgan fingerprint density at radius 3 is 3.14 bits per heavy atom. The van der Waals surface area contributed by atoms with Gasteiger partial charge in [0.05, 0.1) is 6.61 Å². The molecule has 0 aromatic rings. The molecule has 0 radical (unpaired) electrons. The highest BCUT2D eigenvalue weighted by atomic mass is 16.5. The SMILES string of the molecule is CCOC(=O)N/N=C1/CCC[C@@H](C)C1. The van der Waals surface area contributed by atoms with Crippen LogP contribution in [-0.2, 0) is 4.74 Å². The summed E-state index contributed by atoms with van der Waals surface area (Å²) in [5.41, 5.74) is 3.48. The first-order valence-electron chi connectivity index (χ1n) is 5.20. The van der Waals surface area contributed by atoms with Gasteiger partial charge in [-0.2, -0.15) is 5.10 Å². The van der Waals surface area contributed by atoms with Crippen molar-refractivity contribution >= 4 is 11.8 Å². The number of hydrogen-bond donors (Lipinski definition) is 1. The van der Waals surface area contributed by atoms with Crippen LogP contribution in [0.1, 0.15) is 39.5 Å². The molecule has 0 aromatic heterocycles. The minimum atomic E-state index is -0.460. The van der Waals surface area contributed by atoms with Gasteiger partial charge in [-0.25, -0.2) is 10.2 Å². The summed E-state index contributed by atoms with van der Waals surface area (Å²) in [6, 6.07) is 0. The fraction of sp³-hybridized carbons (Fsp3) is 0.800. The van der Waals surface area contributed by atoms with Gasteiger partial charge in [0.2, 0.25) is 0 Å². The van der Waals surface area contributed by atoms with Crippen LogP contribution < -0.4 is 5.43 Å². The number of hydrazone groups is 1. The molecular formula is C10H18N2O2. The highest BCUT2D eigenvalue weighted by molar-refractivity contribution is 5.86. The maximum atomic E-state index is 10.9. The van der Waals surface area contributed by atoms with Crippen LogP contribution in [0, 0.1) is 5.92 Å². The van der Waals surface area contributed by atoms with Gasteiger partial charge in [-0.1, -0.05) is 6.92 Å². The van der Waals surface area contributed by atoms with Crippen LogP contribution in [-0.4, -0.2) is 18.4 Å². The molecule has 1 saturated carbocycles. The van der Waals surface area contributed by atoms with Gasteiger partial charge in [0.25, 0.3) is 0 Å². The molecule has 0 aliphatic heterocycles. The monoisotopic (exact) mass is 198 g/mol. The van der Waals surface area contributed by atoms with Crippen molar-refractivity contribution in [2.24, 2.45) is 11.0 Å². The number of carbonyl (C=O) groups excluding carboxylic acids is 1. The average molecular weight is 198 g/mol. The van der Waals surface area contributed by atoms with Crippen molar-refractivity contribution < 1.29 is 9.53 Å². The lowest BCUT2D eigenvalue weighted by Gasteiger charge is -2.18. The van der Waals surface area contributed by atoms with Crippen molar-refractivity contribution in [1.29, 1.82) is 0 Å². The summed E-state index contributed by atoms with van der Waals surface area (Å²) in [5, 5.41) is 4.04. The minimum absolute atomic E-state index is 0.382. The fourth-order valence-electron chi connectivity index (χ4n) is 1.65. The molecule has 0 heterocycles. The highest BCUT2D eigenvalue weighted by Crippen LogP contribution is 2.20. The summed E-state index contributed by atoms with van der Waals surface area (Å²) in [4.78, 5) is 10.9. The average Bonchev–Trinajstić information content (AvgIpc) is 2.15. The fourth-order valence-corrected chi connectivity index (χ4v) is 1.65. The van der Waals surface area contributed by atoms with E-state index >= 15 is 0 Å². The van der Waals surface area contributed by atoms with Crippen LogP contribution in [0.15, 0.2) is 5.10 Å². The third kappa shape index (κ3) is 3.77. The molecule has 0 saturated heterocycles. The summed E-state index contributed by atoms with van der Waals surface area (Å²) in [7, 11) is 0. The molecule has 0 unspecified atom stereocenters. The summed E-state index contributed by atoms with van der Waals surface area (Å²) in [6.45, 7) is 4.36. The van der Waals surface area contributed by atoms with E-state index in [1.165, 1.54) is 12.8 Å². The van der Waals surface area contributed by atoms with Gasteiger partial charge in [-0.05, 0) is 38.5 Å². The Kier molecular flexibility index (Phi) is 4.43. The lowest BCUT2D eigenvalue weighted by molar-refractivity contribution is 0.152. The molecule has 14 heavy (non-hydrogen) atoms. The largest absolute Gasteiger partial charge is 0.449 e. The molecule has 4 heteroatoms. The molecule has 0 aromatic carbocycles. The number of rotatable bonds is 2. The molecule has 4 nitrogen and oxygen atoms in total. The van der Waals surface area contributed by atoms with Gasteiger partial charge < -0.3 is 4.74 Å². The van der Waals surface area contributed by atoms with Gasteiger partial charge in [-0.3, -0.25) is 0 Å². The maximum absolute atomic E-state index is 10.9. The number of carbonyl (C=O) groups is 1. The summed E-state index contributed by atoms with van der Waals surface area (Å²) in [5.74, 6) is 0.687. The van der Waals surface area contributed by atoms with E-state index < -0.39 is 6.09 Å². The topological polar surface area (TPSA) is 50.7 Å². The molecule has 1 aliphatic carbocycles. The van der Waals surface area contributed by atoms with Crippen LogP contribution >= 0.6 is 0 Å². The Bertz CT molecular complexity index is 226. The van der Waals surface area contributed by atoms with Crippen LogP contribution in [0.5, 0.6) is 0 Å². The normalized spacial score (nSPS) is 24.7. The smallest absolute Gasteiger partial charge is 0.427 e. The Hall–Kier alpha value is -1.06. The van der Waals surface area contributed by atoms with Crippen molar-refractivity contribution in [3.8, 4) is 0 Å². The summed E-state index contributed by atoms with van der Waals surface area (Å²) < 4.78 is 4.70. The van der Waals surface area contributed by atoms with Crippen molar-refractivity contribution in [2.75, 3.05) is 6.61 Å². The van der Waals surface area contributed by atoms with Gasteiger partial charge in [-0.15, -0.1) is 0 Å². The van der Waals surface area contributed by atoms with E-state index in [1.807, 2.05) is 0 Å². The Morgan fingerprint density at radius 1 is 1.71 bits per heavy atom. The first kappa shape index (κ1) is 11.0. The predicted molar refractivity (Wildman–Crippen MR) is 55.2 cm³/mol. The van der Waals surface area contributed by atoms with E-state index in [0.29, 0.717) is 12.5 Å². The molecule has 1 atom stereocenters. The molecule has 1 aliphatic rings. The third-order valence-corrected chi connectivity index (χ3v) is 2.33. The van der Waals surface area contributed by atoms with Crippen LogP contribution in [0.4, 0.5) is 4.79 Å². The van der Waals surface area contributed by atoms with Crippen LogP contribution in [0.25, 0.3) is 0 Å². The first-order valence-corrected chi connectivity index (χ1v) is 5.20. The molecule has 80 valence electrons. The Labute approximate surface area is 84.7 Å². The Balaban J connectivity index is 2.32. The number of ether oxygens (including phenoxy) is 1. The predicted octanol–water partition coefficient (Wildman–Crippen LogP) is 2.30. The molecule has 0 bridgehead atoms. The minimum Gasteiger partial charge on any atom is -0.449 e. The Morgan fingerprint density at radius 2 is 2.50 bits per heavy atom. The third-order valence-electron chi connectivity index (χ3n) is 2.33. The lowest BCUT2D eigenvalue weighted by Crippen LogP contribution is -2.22. The number of nitrogens with one attached hydrogen (secondary N) is 1. The molecule has 0 spiro atoms. The van der Waals surface area contributed by atoms with E-state index in [-0.39, 0.29) is 0 Å². The molecule has 1 rings (SSSR count). The van der Waals surface area contributed by atoms with Gasteiger partial charge in [0.15, 0.2) is 0 Å². The summed E-state index contributed by atoms with van der Waals surface area (Å²) in [6.07, 6.45) is 3.96. The highest BCUT2D eigenvalue weighted by Gasteiger charge is 2.14. The quantitative estimate of drug-likeness (QED) is 0.692. The van der Waals surface area contributed by atoms with Crippen LogP contribution in [0.3, 0.4) is 0 Å².